The summed E-state index contributed by atoms with van der Waals surface area (Å²) in [4.78, 5) is 0. The average molecular weight is 350 g/mol. The van der Waals surface area contributed by atoms with E-state index in [4.69, 9.17) is 9.15 Å². The van der Waals surface area contributed by atoms with Crippen LogP contribution in [0.2, 0.25) is 0 Å². The molecule has 2 N–H and O–H groups in total. The number of fused-ring (bicyclic) bond motifs is 1. The highest BCUT2D eigenvalue weighted by Crippen LogP contribution is 2.65. The lowest BCUT2D eigenvalue weighted by atomic mass is 9.43. The molecular weight excluding hydrogens is 316 g/mol. The van der Waals surface area contributed by atoms with Gasteiger partial charge in [-0.25, -0.2) is 0 Å². The van der Waals surface area contributed by atoms with Gasteiger partial charge in [0, 0.05) is 18.1 Å². The van der Waals surface area contributed by atoms with Crippen LogP contribution in [0.4, 0.5) is 0 Å². The van der Waals surface area contributed by atoms with Crippen molar-refractivity contribution in [2.75, 3.05) is 7.11 Å². The van der Waals surface area contributed by atoms with E-state index >= 15 is 0 Å². The minimum Gasteiger partial charge on any atom is -0.472 e. The fraction of sp³-hybridized carbons (Fsp3) is 0.810. The minimum atomic E-state index is -0.544. The Morgan fingerprint density at radius 1 is 1.28 bits per heavy atom. The molecule has 2 saturated carbocycles. The Morgan fingerprint density at radius 3 is 2.60 bits per heavy atom. The minimum absolute atomic E-state index is 0.0103. The van der Waals surface area contributed by atoms with E-state index in [1.54, 1.807) is 19.6 Å². The summed E-state index contributed by atoms with van der Waals surface area (Å²) in [7, 11) is 1.73. The molecule has 2 fully saturated rings. The smallest absolute Gasteiger partial charge is 0.0964 e. The molecule has 2 aliphatic carbocycles. The summed E-state index contributed by atoms with van der Waals surface area (Å²) in [6, 6.07) is 1.85. The first kappa shape index (κ1) is 18.9. The molecule has 0 bridgehead atoms. The van der Waals surface area contributed by atoms with Crippen LogP contribution < -0.4 is 0 Å². The van der Waals surface area contributed by atoms with Gasteiger partial charge in [-0.1, -0.05) is 20.8 Å². The molecule has 0 amide bonds. The third-order valence-corrected chi connectivity index (χ3v) is 8.27. The number of aliphatic hydroxyl groups excluding tert-OH is 2. The van der Waals surface area contributed by atoms with Gasteiger partial charge in [0.2, 0.25) is 0 Å². The number of hydrogen-bond donors (Lipinski definition) is 2. The van der Waals surface area contributed by atoms with Crippen LogP contribution in [0, 0.1) is 22.7 Å². The van der Waals surface area contributed by atoms with Crippen LogP contribution in [-0.4, -0.2) is 29.0 Å². The van der Waals surface area contributed by atoms with Crippen molar-refractivity contribution in [1.82, 2.24) is 0 Å². The quantitative estimate of drug-likeness (QED) is 0.849. The fourth-order valence-electron chi connectivity index (χ4n) is 6.03. The molecule has 7 atom stereocenters. The maximum absolute atomic E-state index is 10.8. The van der Waals surface area contributed by atoms with Gasteiger partial charge >= 0.3 is 0 Å². The Balaban J connectivity index is 1.95. The molecule has 0 aromatic carbocycles. The SMILES string of the molecule is CO[C@@]1(C)[C@H](O)CC[C@@H]2[C@@](C)(C[C@H](O)c3ccoc3)[C@H](C)CC[C@]21C. The third kappa shape index (κ3) is 2.68. The predicted molar refractivity (Wildman–Crippen MR) is 97.0 cm³/mol. The van der Waals surface area contributed by atoms with Crippen LogP contribution in [0.5, 0.6) is 0 Å². The van der Waals surface area contributed by atoms with Gasteiger partial charge in [-0.15, -0.1) is 0 Å². The molecule has 3 rings (SSSR count). The van der Waals surface area contributed by atoms with Crippen molar-refractivity contribution in [3.05, 3.63) is 24.2 Å². The number of furan rings is 1. The van der Waals surface area contributed by atoms with Crippen molar-refractivity contribution in [3.63, 3.8) is 0 Å². The second-order valence-corrected chi connectivity index (χ2v) is 9.10. The zero-order chi connectivity index (χ0) is 18.5. The lowest BCUT2D eigenvalue weighted by molar-refractivity contribution is -0.249. The number of ether oxygens (including phenoxy) is 1. The molecule has 0 saturated heterocycles. The maximum atomic E-state index is 10.8. The molecule has 142 valence electrons. The third-order valence-electron chi connectivity index (χ3n) is 8.27. The summed E-state index contributed by atoms with van der Waals surface area (Å²) >= 11 is 0. The predicted octanol–water partition coefficient (Wildman–Crippen LogP) is 4.32. The number of methoxy groups -OCH3 is 1. The van der Waals surface area contributed by atoms with E-state index in [-0.39, 0.29) is 10.8 Å². The van der Waals surface area contributed by atoms with E-state index in [1.807, 2.05) is 6.07 Å². The van der Waals surface area contributed by atoms with E-state index in [0.29, 0.717) is 18.3 Å². The first-order chi connectivity index (χ1) is 11.7. The van der Waals surface area contributed by atoms with Crippen molar-refractivity contribution >= 4 is 0 Å². The van der Waals surface area contributed by atoms with Gasteiger partial charge in [-0.05, 0) is 62.3 Å². The van der Waals surface area contributed by atoms with Crippen molar-refractivity contribution < 1.29 is 19.4 Å². The van der Waals surface area contributed by atoms with Crippen molar-refractivity contribution in [2.45, 2.75) is 77.6 Å². The van der Waals surface area contributed by atoms with E-state index in [1.165, 1.54) is 0 Å². The van der Waals surface area contributed by atoms with Crippen molar-refractivity contribution in [3.8, 4) is 0 Å². The topological polar surface area (TPSA) is 62.8 Å². The molecule has 0 aliphatic heterocycles. The molecule has 0 unspecified atom stereocenters. The van der Waals surface area contributed by atoms with Crippen LogP contribution in [-0.2, 0) is 4.74 Å². The van der Waals surface area contributed by atoms with Crippen molar-refractivity contribution in [1.29, 1.82) is 0 Å². The fourth-order valence-corrected chi connectivity index (χ4v) is 6.03. The molecule has 1 heterocycles. The van der Waals surface area contributed by atoms with Crippen LogP contribution in [0.25, 0.3) is 0 Å². The molecule has 1 aromatic rings. The second kappa shape index (κ2) is 6.40. The van der Waals surface area contributed by atoms with E-state index in [0.717, 1.165) is 31.2 Å². The molecule has 0 radical (unpaired) electrons. The van der Waals surface area contributed by atoms with E-state index < -0.39 is 17.8 Å². The standard InChI is InChI=1S/C21H34O4/c1-14-8-10-20(3)17(6-7-18(23)21(20,4)24-5)19(14,2)12-16(22)15-9-11-25-13-15/h9,11,13-14,16-18,22-23H,6-8,10,12H2,1-5H3/t14-,16+,17-,18-,19+,20-,21+/m1/s1. The first-order valence-electron chi connectivity index (χ1n) is 9.62. The monoisotopic (exact) mass is 350 g/mol. The molecule has 4 nitrogen and oxygen atoms in total. The van der Waals surface area contributed by atoms with Crippen LogP contribution >= 0.6 is 0 Å². The molecule has 1 aromatic heterocycles. The van der Waals surface area contributed by atoms with Gasteiger partial charge in [0.1, 0.15) is 0 Å². The average Bonchev–Trinajstić information content (AvgIpc) is 3.11. The summed E-state index contributed by atoms with van der Waals surface area (Å²) in [6.07, 6.45) is 6.90. The second-order valence-electron chi connectivity index (χ2n) is 9.10. The lowest BCUT2D eigenvalue weighted by Gasteiger charge is -2.65. The normalized spacial score (nSPS) is 45.8. The van der Waals surface area contributed by atoms with Crippen LogP contribution in [0.1, 0.15) is 71.5 Å². The van der Waals surface area contributed by atoms with E-state index in [2.05, 4.69) is 27.7 Å². The molecule has 25 heavy (non-hydrogen) atoms. The molecule has 2 aliphatic rings. The van der Waals surface area contributed by atoms with Crippen LogP contribution in [0.15, 0.2) is 23.0 Å². The molecule has 4 heteroatoms. The first-order valence-corrected chi connectivity index (χ1v) is 9.62. The zero-order valence-corrected chi connectivity index (χ0v) is 16.3. The van der Waals surface area contributed by atoms with Gasteiger partial charge in [-0.2, -0.15) is 0 Å². The van der Waals surface area contributed by atoms with E-state index in [9.17, 15) is 10.2 Å². The summed E-state index contributed by atoms with van der Waals surface area (Å²) < 4.78 is 11.1. The van der Waals surface area contributed by atoms with Gasteiger partial charge in [0.05, 0.1) is 30.3 Å². The summed E-state index contributed by atoms with van der Waals surface area (Å²) in [5, 5.41) is 21.5. The maximum Gasteiger partial charge on any atom is 0.0964 e. The lowest BCUT2D eigenvalue weighted by Crippen LogP contribution is -2.65. The number of hydrogen-bond acceptors (Lipinski definition) is 4. The number of rotatable bonds is 4. The highest BCUT2D eigenvalue weighted by molar-refractivity contribution is 5.15. The Kier molecular flexibility index (Phi) is 4.85. The number of aliphatic hydroxyl groups is 2. The molecular formula is C21H34O4. The molecule has 0 spiro atoms. The summed E-state index contributed by atoms with van der Waals surface area (Å²) in [6.45, 7) is 9.01. The Hall–Kier alpha value is -0.840. The highest BCUT2D eigenvalue weighted by atomic mass is 16.5. The van der Waals surface area contributed by atoms with Gasteiger partial charge in [0.25, 0.3) is 0 Å². The largest absolute Gasteiger partial charge is 0.472 e. The Bertz CT molecular complexity index is 585. The highest BCUT2D eigenvalue weighted by Gasteiger charge is 2.63. The van der Waals surface area contributed by atoms with Crippen LogP contribution in [0.3, 0.4) is 0 Å². The summed E-state index contributed by atoms with van der Waals surface area (Å²) in [5.74, 6) is 0.919. The van der Waals surface area contributed by atoms with Crippen molar-refractivity contribution in [2.24, 2.45) is 22.7 Å². The van der Waals surface area contributed by atoms with Gasteiger partial charge in [0.15, 0.2) is 0 Å². The van der Waals surface area contributed by atoms with Gasteiger partial charge in [-0.3, -0.25) is 0 Å². The van der Waals surface area contributed by atoms with Gasteiger partial charge < -0.3 is 19.4 Å². The Labute approximate surface area is 151 Å². The summed E-state index contributed by atoms with van der Waals surface area (Å²) in [5.41, 5.74) is 0.198. The zero-order valence-electron chi connectivity index (χ0n) is 16.3. The Morgan fingerprint density at radius 2 is 2.00 bits per heavy atom.